The lowest BCUT2D eigenvalue weighted by atomic mass is 9.96. The van der Waals surface area contributed by atoms with Gasteiger partial charge in [0.15, 0.2) is 0 Å². The van der Waals surface area contributed by atoms with E-state index in [0.29, 0.717) is 0 Å². The van der Waals surface area contributed by atoms with E-state index in [1.54, 1.807) is 0 Å². The molecular weight excluding hydrogens is 240 g/mol. The fourth-order valence-corrected chi connectivity index (χ4v) is 2.80. The van der Waals surface area contributed by atoms with E-state index in [9.17, 15) is 10.0 Å². The number of nitroso groups, excluding NO2 is 1. The van der Waals surface area contributed by atoms with Crippen LogP contribution in [0.25, 0.3) is 0 Å². The average Bonchev–Trinajstić information content (AvgIpc) is 2.42. The first-order valence-electron chi connectivity index (χ1n) is 6.89. The summed E-state index contributed by atoms with van der Waals surface area (Å²) in [7, 11) is 0. The molecule has 0 aromatic heterocycles. The van der Waals surface area contributed by atoms with Crippen molar-refractivity contribution in [3.8, 4) is 0 Å². The first-order valence-corrected chi connectivity index (χ1v) is 6.89. The molecule has 1 aliphatic heterocycles. The minimum atomic E-state index is -0.273. The molecule has 0 aliphatic carbocycles. The topological polar surface area (TPSA) is 52.9 Å². The molecule has 4 heteroatoms. The van der Waals surface area contributed by atoms with Crippen molar-refractivity contribution in [2.45, 2.75) is 45.3 Å². The predicted molar refractivity (Wildman–Crippen MR) is 76.0 cm³/mol. The molecule has 2 atom stereocenters. The Morgan fingerprint density at radius 2 is 2.16 bits per heavy atom. The third-order valence-corrected chi connectivity index (χ3v) is 4.14. The zero-order chi connectivity index (χ0) is 13.8. The quantitative estimate of drug-likeness (QED) is 0.848. The van der Waals surface area contributed by atoms with E-state index in [4.69, 9.17) is 0 Å². The Balaban J connectivity index is 2.11. The second-order valence-corrected chi connectivity index (χ2v) is 5.45. The maximum absolute atomic E-state index is 10.8. The van der Waals surface area contributed by atoms with Gasteiger partial charge in [0, 0.05) is 6.54 Å². The van der Waals surface area contributed by atoms with Gasteiger partial charge in [0.05, 0.1) is 12.6 Å². The Hall–Kier alpha value is -1.26. The third-order valence-electron chi connectivity index (χ3n) is 4.14. The normalized spacial score (nSPS) is 24.4. The van der Waals surface area contributed by atoms with Crippen LogP contribution in [0.4, 0.5) is 0 Å². The van der Waals surface area contributed by atoms with Crippen molar-refractivity contribution in [2.24, 2.45) is 5.18 Å². The molecule has 0 spiro atoms. The molecule has 4 nitrogen and oxygen atoms in total. The molecule has 2 rings (SSSR count). The zero-order valence-electron chi connectivity index (χ0n) is 11.7. The maximum Gasteiger partial charge on any atom is 0.110 e. The standard InChI is InChI=1S/C15H22N2O2/c1-11-5-6-13(8-12(11)2)9-17-7-3-4-14(16-19)15(17)10-18/h5-6,8,14-15,18H,3-4,7,9-10H2,1-2H3. The predicted octanol–water partition coefficient (Wildman–Crippen LogP) is 2.40. The summed E-state index contributed by atoms with van der Waals surface area (Å²) in [5.74, 6) is 0. The first kappa shape index (κ1) is 14.2. The van der Waals surface area contributed by atoms with Crippen LogP contribution in [0.3, 0.4) is 0 Å². The molecule has 1 aromatic carbocycles. The number of hydrogen-bond acceptors (Lipinski definition) is 4. The van der Waals surface area contributed by atoms with Crippen molar-refractivity contribution < 1.29 is 5.11 Å². The molecule has 2 unspecified atom stereocenters. The van der Waals surface area contributed by atoms with Gasteiger partial charge >= 0.3 is 0 Å². The molecule has 1 aromatic rings. The van der Waals surface area contributed by atoms with E-state index < -0.39 is 0 Å². The fraction of sp³-hybridized carbons (Fsp3) is 0.600. The second kappa shape index (κ2) is 6.26. The maximum atomic E-state index is 10.8. The number of nitrogens with zero attached hydrogens (tertiary/aromatic N) is 2. The lowest BCUT2D eigenvalue weighted by Gasteiger charge is -2.37. The molecule has 1 fully saturated rings. The number of aliphatic hydroxyl groups excluding tert-OH is 1. The number of hydrogen-bond donors (Lipinski definition) is 1. The summed E-state index contributed by atoms with van der Waals surface area (Å²) < 4.78 is 0. The van der Waals surface area contributed by atoms with Crippen molar-refractivity contribution in [3.05, 3.63) is 39.8 Å². The molecule has 0 saturated carbocycles. The van der Waals surface area contributed by atoms with Crippen LogP contribution in [-0.4, -0.2) is 35.2 Å². The van der Waals surface area contributed by atoms with Gasteiger partial charge in [0.1, 0.15) is 6.04 Å². The number of aryl methyl sites for hydroxylation is 2. The minimum absolute atomic E-state index is 0.00124. The largest absolute Gasteiger partial charge is 0.395 e. The van der Waals surface area contributed by atoms with Gasteiger partial charge in [-0.3, -0.25) is 4.90 Å². The van der Waals surface area contributed by atoms with Gasteiger partial charge in [-0.2, -0.15) is 4.91 Å². The Morgan fingerprint density at radius 3 is 2.79 bits per heavy atom. The third kappa shape index (κ3) is 3.19. The molecule has 0 amide bonds. The van der Waals surface area contributed by atoms with Gasteiger partial charge in [-0.15, -0.1) is 0 Å². The lowest BCUT2D eigenvalue weighted by Crippen LogP contribution is -2.48. The number of piperidine rings is 1. The smallest absolute Gasteiger partial charge is 0.110 e. The summed E-state index contributed by atoms with van der Waals surface area (Å²) in [6.07, 6.45) is 1.76. The van der Waals surface area contributed by atoms with Crippen molar-refractivity contribution in [3.63, 3.8) is 0 Å². The highest BCUT2D eigenvalue weighted by Crippen LogP contribution is 2.23. The van der Waals surface area contributed by atoms with Crippen molar-refractivity contribution in [1.82, 2.24) is 4.90 Å². The van der Waals surface area contributed by atoms with Crippen LogP contribution in [0.15, 0.2) is 23.4 Å². The first-order chi connectivity index (χ1) is 9.15. The Bertz CT molecular complexity index is 448. The van der Waals surface area contributed by atoms with E-state index >= 15 is 0 Å². The number of benzene rings is 1. The molecule has 0 bridgehead atoms. The molecular formula is C15H22N2O2. The van der Waals surface area contributed by atoms with Crippen molar-refractivity contribution in [1.29, 1.82) is 0 Å². The van der Waals surface area contributed by atoms with Crippen LogP contribution in [0, 0.1) is 18.8 Å². The molecule has 104 valence electrons. The number of rotatable bonds is 4. The highest BCUT2D eigenvalue weighted by Gasteiger charge is 2.31. The molecule has 1 N–H and O–H groups in total. The fourth-order valence-electron chi connectivity index (χ4n) is 2.80. The van der Waals surface area contributed by atoms with Gasteiger partial charge in [-0.25, -0.2) is 0 Å². The summed E-state index contributed by atoms with van der Waals surface area (Å²) in [6.45, 7) is 5.90. The Labute approximate surface area is 114 Å². The molecule has 19 heavy (non-hydrogen) atoms. The monoisotopic (exact) mass is 262 g/mol. The second-order valence-electron chi connectivity index (χ2n) is 5.45. The zero-order valence-corrected chi connectivity index (χ0v) is 11.7. The van der Waals surface area contributed by atoms with Crippen LogP contribution >= 0.6 is 0 Å². The molecule has 1 aliphatic rings. The Kier molecular flexibility index (Phi) is 4.66. The van der Waals surface area contributed by atoms with Crippen LogP contribution in [0.5, 0.6) is 0 Å². The van der Waals surface area contributed by atoms with Crippen molar-refractivity contribution >= 4 is 0 Å². The lowest BCUT2D eigenvalue weighted by molar-refractivity contribution is 0.0692. The van der Waals surface area contributed by atoms with Crippen molar-refractivity contribution in [2.75, 3.05) is 13.2 Å². The highest BCUT2D eigenvalue weighted by molar-refractivity contribution is 5.29. The van der Waals surface area contributed by atoms with E-state index in [2.05, 4.69) is 42.1 Å². The summed E-state index contributed by atoms with van der Waals surface area (Å²) in [6, 6.07) is 6.02. The van der Waals surface area contributed by atoms with E-state index in [1.165, 1.54) is 16.7 Å². The highest BCUT2D eigenvalue weighted by atomic mass is 16.3. The van der Waals surface area contributed by atoms with Gasteiger partial charge in [0.2, 0.25) is 0 Å². The van der Waals surface area contributed by atoms with Gasteiger partial charge in [-0.1, -0.05) is 23.4 Å². The van der Waals surface area contributed by atoms with Gasteiger partial charge < -0.3 is 5.11 Å². The minimum Gasteiger partial charge on any atom is -0.395 e. The van der Waals surface area contributed by atoms with E-state index in [-0.39, 0.29) is 18.7 Å². The van der Waals surface area contributed by atoms with Crippen LogP contribution in [0.2, 0.25) is 0 Å². The number of aliphatic hydroxyl groups is 1. The van der Waals surface area contributed by atoms with Gasteiger partial charge in [0.25, 0.3) is 0 Å². The molecule has 1 heterocycles. The Morgan fingerprint density at radius 1 is 1.37 bits per heavy atom. The number of likely N-dealkylation sites (tertiary alicyclic amines) is 1. The van der Waals surface area contributed by atoms with E-state index in [1.807, 2.05) is 0 Å². The van der Waals surface area contributed by atoms with Crippen LogP contribution in [0.1, 0.15) is 29.5 Å². The summed E-state index contributed by atoms with van der Waals surface area (Å²) >= 11 is 0. The summed E-state index contributed by atoms with van der Waals surface area (Å²) in [5.41, 5.74) is 3.79. The molecule has 1 saturated heterocycles. The van der Waals surface area contributed by atoms with Gasteiger partial charge in [-0.05, 0) is 49.9 Å². The van der Waals surface area contributed by atoms with E-state index in [0.717, 1.165) is 25.9 Å². The SMILES string of the molecule is Cc1ccc(CN2CCCC(N=O)C2CO)cc1C. The van der Waals surface area contributed by atoms with Crippen LogP contribution < -0.4 is 0 Å². The molecule has 0 radical (unpaired) electrons. The average molecular weight is 262 g/mol. The summed E-state index contributed by atoms with van der Waals surface area (Å²) in [5, 5.41) is 12.7. The summed E-state index contributed by atoms with van der Waals surface area (Å²) in [4.78, 5) is 13.0. The van der Waals surface area contributed by atoms with Crippen LogP contribution in [-0.2, 0) is 6.54 Å².